The Morgan fingerprint density at radius 3 is 2.95 bits per heavy atom. The normalized spacial score (nSPS) is 14.9. The molecule has 3 rings (SSSR count). The van der Waals surface area contributed by atoms with Crippen LogP contribution in [0, 0.1) is 6.92 Å². The Bertz CT molecular complexity index is 595. The number of aliphatic hydroxyl groups is 1. The summed E-state index contributed by atoms with van der Waals surface area (Å²) in [7, 11) is 0. The van der Waals surface area contributed by atoms with Crippen LogP contribution >= 0.6 is 11.3 Å². The lowest BCUT2D eigenvalue weighted by atomic mass is 10.3. The zero-order valence-electron chi connectivity index (χ0n) is 10.8. The molecule has 0 atom stereocenters. The molecule has 19 heavy (non-hydrogen) atoms. The highest BCUT2D eigenvalue weighted by Gasteiger charge is 2.31. The van der Waals surface area contributed by atoms with Gasteiger partial charge in [0, 0.05) is 17.5 Å². The van der Waals surface area contributed by atoms with E-state index in [1.807, 2.05) is 0 Å². The third kappa shape index (κ3) is 2.36. The molecule has 0 bridgehead atoms. The minimum absolute atomic E-state index is 0.122. The average Bonchev–Trinajstić information content (AvgIpc) is 3.16. The van der Waals surface area contributed by atoms with Crippen LogP contribution in [0.2, 0.25) is 0 Å². The molecule has 1 aliphatic carbocycles. The lowest BCUT2D eigenvalue weighted by Crippen LogP contribution is -2.30. The number of thiophene rings is 1. The zero-order valence-corrected chi connectivity index (χ0v) is 11.6. The van der Waals surface area contributed by atoms with Crippen molar-refractivity contribution in [2.24, 2.45) is 5.84 Å². The van der Waals surface area contributed by atoms with E-state index in [9.17, 15) is 5.11 Å². The van der Waals surface area contributed by atoms with E-state index >= 15 is 0 Å². The summed E-state index contributed by atoms with van der Waals surface area (Å²) >= 11 is 1.63. The number of anilines is 2. The fourth-order valence-corrected chi connectivity index (χ4v) is 3.14. The second kappa shape index (κ2) is 4.92. The number of rotatable bonds is 5. The Balaban J connectivity index is 2.13. The monoisotopic (exact) mass is 279 g/mol. The molecule has 102 valence electrons. The standard InChI is InChI=1S/C12H17N5OS/c1-7-6-9-10(17(4-5-18)8-2-3-8)14-12(16-13)15-11(9)19-7/h6,8,18H,2-5,13H2,1H3,(H,14,15,16). The number of nitrogens with one attached hydrogen (secondary N) is 1. The highest BCUT2D eigenvalue weighted by Crippen LogP contribution is 2.37. The number of aryl methyl sites for hydroxylation is 1. The van der Waals surface area contributed by atoms with Gasteiger partial charge in [-0.1, -0.05) is 0 Å². The van der Waals surface area contributed by atoms with E-state index in [1.54, 1.807) is 11.3 Å². The number of hydrogen-bond acceptors (Lipinski definition) is 7. The van der Waals surface area contributed by atoms with E-state index < -0.39 is 0 Å². The molecule has 2 aromatic rings. The maximum atomic E-state index is 9.26. The number of nitrogens with two attached hydrogens (primary N) is 1. The van der Waals surface area contributed by atoms with Crippen LogP contribution in [0.1, 0.15) is 17.7 Å². The van der Waals surface area contributed by atoms with Gasteiger partial charge in [-0.25, -0.2) is 10.8 Å². The molecule has 2 aromatic heterocycles. The fourth-order valence-electron chi connectivity index (χ4n) is 2.27. The van der Waals surface area contributed by atoms with Gasteiger partial charge in [0.25, 0.3) is 0 Å². The minimum atomic E-state index is 0.122. The maximum absolute atomic E-state index is 9.26. The third-order valence-electron chi connectivity index (χ3n) is 3.23. The van der Waals surface area contributed by atoms with Gasteiger partial charge in [0.2, 0.25) is 5.95 Å². The van der Waals surface area contributed by atoms with Crippen LogP contribution in [0.15, 0.2) is 6.07 Å². The van der Waals surface area contributed by atoms with Gasteiger partial charge in [-0.05, 0) is 25.8 Å². The number of hydrogen-bond donors (Lipinski definition) is 3. The molecule has 0 aliphatic heterocycles. The molecule has 1 saturated carbocycles. The van der Waals surface area contributed by atoms with E-state index in [-0.39, 0.29) is 6.61 Å². The van der Waals surface area contributed by atoms with E-state index in [4.69, 9.17) is 5.84 Å². The molecule has 7 heteroatoms. The summed E-state index contributed by atoms with van der Waals surface area (Å²) in [5.74, 6) is 6.74. The molecule has 1 fully saturated rings. The smallest absolute Gasteiger partial charge is 0.240 e. The first-order valence-electron chi connectivity index (χ1n) is 6.35. The SMILES string of the molecule is Cc1cc2c(N(CCO)C3CC3)nc(NN)nc2s1. The predicted molar refractivity (Wildman–Crippen MR) is 77.4 cm³/mol. The second-order valence-corrected chi connectivity index (χ2v) is 5.97. The van der Waals surface area contributed by atoms with Gasteiger partial charge in [-0.2, -0.15) is 4.98 Å². The summed E-state index contributed by atoms with van der Waals surface area (Å²) in [6.45, 7) is 2.77. The Morgan fingerprint density at radius 2 is 2.32 bits per heavy atom. The first-order chi connectivity index (χ1) is 9.22. The zero-order chi connectivity index (χ0) is 13.4. The summed E-state index contributed by atoms with van der Waals surface area (Å²) in [6, 6.07) is 2.58. The number of aromatic nitrogens is 2. The quantitative estimate of drug-likeness (QED) is 0.564. The molecule has 0 radical (unpaired) electrons. The number of aliphatic hydroxyl groups excluding tert-OH is 1. The topological polar surface area (TPSA) is 87.3 Å². The van der Waals surface area contributed by atoms with Crippen molar-refractivity contribution in [2.75, 3.05) is 23.5 Å². The number of nitrogens with zero attached hydrogens (tertiary/aromatic N) is 3. The maximum Gasteiger partial charge on any atom is 0.240 e. The predicted octanol–water partition coefficient (Wildman–Crippen LogP) is 1.25. The molecule has 0 aromatic carbocycles. The van der Waals surface area contributed by atoms with Crippen LogP contribution in [0.5, 0.6) is 0 Å². The van der Waals surface area contributed by atoms with E-state index in [2.05, 4.69) is 33.3 Å². The van der Waals surface area contributed by atoms with Gasteiger partial charge >= 0.3 is 0 Å². The first kappa shape index (κ1) is 12.6. The number of fused-ring (bicyclic) bond motifs is 1. The van der Waals surface area contributed by atoms with Crippen LogP contribution < -0.4 is 16.2 Å². The van der Waals surface area contributed by atoms with Crippen molar-refractivity contribution < 1.29 is 5.11 Å². The van der Waals surface area contributed by atoms with Crippen molar-refractivity contribution in [1.82, 2.24) is 9.97 Å². The highest BCUT2D eigenvalue weighted by atomic mass is 32.1. The van der Waals surface area contributed by atoms with Gasteiger partial charge in [-0.3, -0.25) is 5.43 Å². The molecular weight excluding hydrogens is 262 g/mol. The summed E-state index contributed by atoms with van der Waals surface area (Å²) < 4.78 is 0. The Kier molecular flexibility index (Phi) is 3.26. The lowest BCUT2D eigenvalue weighted by molar-refractivity contribution is 0.301. The molecular formula is C12H17N5OS. The van der Waals surface area contributed by atoms with E-state index in [0.29, 0.717) is 18.5 Å². The molecule has 4 N–H and O–H groups in total. The van der Waals surface area contributed by atoms with Crippen LogP contribution in [0.4, 0.5) is 11.8 Å². The minimum Gasteiger partial charge on any atom is -0.395 e. The second-order valence-electron chi connectivity index (χ2n) is 4.74. The van der Waals surface area contributed by atoms with Gasteiger partial charge in [0.05, 0.1) is 12.0 Å². The van der Waals surface area contributed by atoms with Crippen molar-refractivity contribution in [1.29, 1.82) is 0 Å². The van der Waals surface area contributed by atoms with Crippen LogP contribution in [-0.2, 0) is 0 Å². The Hall–Kier alpha value is -1.44. The third-order valence-corrected chi connectivity index (χ3v) is 4.17. The summed E-state index contributed by atoms with van der Waals surface area (Å²) in [4.78, 5) is 13.2. The molecule has 2 heterocycles. The van der Waals surface area contributed by atoms with Crippen molar-refractivity contribution >= 4 is 33.3 Å². The van der Waals surface area contributed by atoms with Crippen LogP contribution in [0.3, 0.4) is 0 Å². The van der Waals surface area contributed by atoms with Crippen molar-refractivity contribution in [2.45, 2.75) is 25.8 Å². The van der Waals surface area contributed by atoms with Crippen LogP contribution in [0.25, 0.3) is 10.2 Å². The summed E-state index contributed by atoms with van der Waals surface area (Å²) in [6.07, 6.45) is 2.31. The molecule has 0 amide bonds. The molecule has 6 nitrogen and oxygen atoms in total. The molecule has 0 saturated heterocycles. The van der Waals surface area contributed by atoms with Gasteiger partial charge in [0.15, 0.2) is 0 Å². The van der Waals surface area contributed by atoms with Crippen LogP contribution in [-0.4, -0.2) is 34.3 Å². The fraction of sp³-hybridized carbons (Fsp3) is 0.500. The summed E-state index contributed by atoms with van der Waals surface area (Å²) in [5, 5.41) is 10.3. The van der Waals surface area contributed by atoms with E-state index in [0.717, 1.165) is 28.9 Å². The van der Waals surface area contributed by atoms with Gasteiger partial charge in [-0.15, -0.1) is 11.3 Å². The van der Waals surface area contributed by atoms with Crippen molar-refractivity contribution in [3.63, 3.8) is 0 Å². The van der Waals surface area contributed by atoms with Gasteiger partial charge < -0.3 is 10.0 Å². The highest BCUT2D eigenvalue weighted by molar-refractivity contribution is 7.18. The lowest BCUT2D eigenvalue weighted by Gasteiger charge is -2.23. The molecule has 0 unspecified atom stereocenters. The summed E-state index contributed by atoms with van der Waals surface area (Å²) in [5.41, 5.74) is 2.52. The Labute approximate surface area is 115 Å². The van der Waals surface area contributed by atoms with Gasteiger partial charge in [0.1, 0.15) is 10.6 Å². The first-order valence-corrected chi connectivity index (χ1v) is 7.17. The molecule has 0 spiro atoms. The Morgan fingerprint density at radius 1 is 1.53 bits per heavy atom. The van der Waals surface area contributed by atoms with Crippen molar-refractivity contribution in [3.8, 4) is 0 Å². The number of nitrogen functional groups attached to an aromatic ring is 1. The van der Waals surface area contributed by atoms with E-state index in [1.165, 1.54) is 4.88 Å². The average molecular weight is 279 g/mol. The number of hydrazine groups is 1. The van der Waals surface area contributed by atoms with Crippen molar-refractivity contribution in [3.05, 3.63) is 10.9 Å². The largest absolute Gasteiger partial charge is 0.395 e. The molecule has 1 aliphatic rings.